The van der Waals surface area contributed by atoms with Crippen LogP contribution in [-0.2, 0) is 5.60 Å². The van der Waals surface area contributed by atoms with Crippen LogP contribution in [0.25, 0.3) is 10.9 Å². The zero-order valence-corrected chi connectivity index (χ0v) is 13.2. The van der Waals surface area contributed by atoms with Gasteiger partial charge >= 0.3 is 0 Å². The van der Waals surface area contributed by atoms with Gasteiger partial charge in [-0.3, -0.25) is 4.98 Å². The molecule has 0 saturated heterocycles. The molecule has 3 heteroatoms. The normalized spacial score (nSPS) is 14.2. The number of benzene rings is 2. The van der Waals surface area contributed by atoms with Crippen molar-refractivity contribution in [1.29, 1.82) is 0 Å². The van der Waals surface area contributed by atoms with Crippen molar-refractivity contribution in [3.63, 3.8) is 0 Å². The van der Waals surface area contributed by atoms with Crippen LogP contribution < -0.4 is 0 Å². The predicted molar refractivity (Wildman–Crippen MR) is 89.6 cm³/mol. The van der Waals surface area contributed by atoms with E-state index in [0.717, 1.165) is 25.6 Å². The quantitative estimate of drug-likeness (QED) is 0.685. The Morgan fingerprint density at radius 2 is 1.70 bits per heavy atom. The first-order valence-corrected chi connectivity index (χ1v) is 7.49. The van der Waals surface area contributed by atoms with Gasteiger partial charge in [0.1, 0.15) is 5.60 Å². The molecule has 0 bridgehead atoms. The van der Waals surface area contributed by atoms with Crippen molar-refractivity contribution in [2.75, 3.05) is 0 Å². The number of aromatic nitrogens is 1. The third kappa shape index (κ3) is 2.31. The van der Waals surface area contributed by atoms with Gasteiger partial charge in [-0.15, -0.1) is 0 Å². The summed E-state index contributed by atoms with van der Waals surface area (Å²) in [5.74, 6) is 0. The summed E-state index contributed by atoms with van der Waals surface area (Å²) in [7, 11) is 0. The second kappa shape index (κ2) is 5.14. The van der Waals surface area contributed by atoms with E-state index in [0.29, 0.717) is 0 Å². The molecule has 0 saturated carbocycles. The van der Waals surface area contributed by atoms with Crippen molar-refractivity contribution >= 4 is 33.5 Å². The van der Waals surface area contributed by atoms with Gasteiger partial charge in [0.05, 0.1) is 5.52 Å². The molecule has 0 aliphatic carbocycles. The molecule has 0 radical (unpaired) electrons. The standard InChI is InChI=1S/C17H14INO/c1-17(20,13-7-9-14(18)10-8-13)15-6-2-4-12-5-3-11-19-16(12)15/h2-11,20H,1H3. The van der Waals surface area contributed by atoms with Gasteiger partial charge in [-0.05, 0) is 53.3 Å². The maximum absolute atomic E-state index is 11.0. The summed E-state index contributed by atoms with van der Waals surface area (Å²) in [5.41, 5.74) is 1.49. The van der Waals surface area contributed by atoms with Gasteiger partial charge in [-0.25, -0.2) is 0 Å². The van der Waals surface area contributed by atoms with Gasteiger partial charge in [0, 0.05) is 20.7 Å². The maximum Gasteiger partial charge on any atom is 0.114 e. The summed E-state index contributed by atoms with van der Waals surface area (Å²) in [4.78, 5) is 4.43. The number of nitrogens with zero attached hydrogens (tertiary/aromatic N) is 1. The molecule has 0 spiro atoms. The van der Waals surface area contributed by atoms with Crippen LogP contribution in [0.15, 0.2) is 60.8 Å². The topological polar surface area (TPSA) is 33.1 Å². The van der Waals surface area contributed by atoms with Crippen LogP contribution in [0, 0.1) is 3.57 Å². The zero-order valence-electron chi connectivity index (χ0n) is 11.0. The summed E-state index contributed by atoms with van der Waals surface area (Å²) in [6, 6.07) is 17.8. The van der Waals surface area contributed by atoms with Gasteiger partial charge in [-0.2, -0.15) is 0 Å². The average molecular weight is 375 g/mol. The molecule has 0 aliphatic heterocycles. The monoisotopic (exact) mass is 375 g/mol. The molecule has 1 N–H and O–H groups in total. The molecule has 0 aliphatic rings. The van der Waals surface area contributed by atoms with Crippen molar-refractivity contribution in [3.8, 4) is 0 Å². The van der Waals surface area contributed by atoms with E-state index in [2.05, 4.69) is 27.6 Å². The van der Waals surface area contributed by atoms with Gasteiger partial charge < -0.3 is 5.11 Å². The van der Waals surface area contributed by atoms with Gasteiger partial charge in [-0.1, -0.05) is 36.4 Å². The molecular weight excluding hydrogens is 361 g/mol. The minimum absolute atomic E-state index is 0.830. The molecule has 1 unspecified atom stereocenters. The third-order valence-electron chi connectivity index (χ3n) is 3.56. The number of hydrogen-bond donors (Lipinski definition) is 1. The molecule has 1 atom stereocenters. The van der Waals surface area contributed by atoms with E-state index >= 15 is 0 Å². The molecule has 2 aromatic carbocycles. The fraction of sp³-hybridized carbons (Fsp3) is 0.118. The number of fused-ring (bicyclic) bond motifs is 1. The Labute approximate surface area is 131 Å². The largest absolute Gasteiger partial charge is 0.381 e. The Kier molecular flexibility index (Phi) is 3.48. The Balaban J connectivity index is 2.20. The summed E-state index contributed by atoms with van der Waals surface area (Å²) >= 11 is 2.26. The Morgan fingerprint density at radius 1 is 1.00 bits per heavy atom. The molecule has 3 aromatic rings. The molecular formula is C17H14INO. The first kappa shape index (κ1) is 13.5. The molecule has 0 fully saturated rings. The number of pyridine rings is 1. The molecule has 1 aromatic heterocycles. The van der Waals surface area contributed by atoms with Crippen LogP contribution in [0.1, 0.15) is 18.1 Å². The Hall–Kier alpha value is -1.46. The van der Waals surface area contributed by atoms with Crippen molar-refractivity contribution in [1.82, 2.24) is 4.98 Å². The van der Waals surface area contributed by atoms with E-state index < -0.39 is 5.60 Å². The van der Waals surface area contributed by atoms with E-state index in [1.165, 1.54) is 0 Å². The lowest BCUT2D eigenvalue weighted by molar-refractivity contribution is 0.104. The van der Waals surface area contributed by atoms with Crippen LogP contribution >= 0.6 is 22.6 Å². The van der Waals surface area contributed by atoms with Gasteiger partial charge in [0.2, 0.25) is 0 Å². The van der Waals surface area contributed by atoms with E-state index in [1.54, 1.807) is 6.20 Å². The lowest BCUT2D eigenvalue weighted by Crippen LogP contribution is -2.23. The highest BCUT2D eigenvalue weighted by molar-refractivity contribution is 14.1. The minimum atomic E-state index is -1.06. The van der Waals surface area contributed by atoms with Crippen LogP contribution in [0.4, 0.5) is 0 Å². The second-order valence-electron chi connectivity index (χ2n) is 4.96. The number of rotatable bonds is 2. The average Bonchev–Trinajstić information content (AvgIpc) is 2.47. The fourth-order valence-corrected chi connectivity index (χ4v) is 2.79. The van der Waals surface area contributed by atoms with E-state index in [4.69, 9.17) is 0 Å². The van der Waals surface area contributed by atoms with Crippen LogP contribution in [0.5, 0.6) is 0 Å². The number of halogens is 1. The highest BCUT2D eigenvalue weighted by Crippen LogP contribution is 2.33. The van der Waals surface area contributed by atoms with Gasteiger partial charge in [0.15, 0.2) is 0 Å². The highest BCUT2D eigenvalue weighted by atomic mass is 127. The van der Waals surface area contributed by atoms with Crippen molar-refractivity contribution in [2.24, 2.45) is 0 Å². The fourth-order valence-electron chi connectivity index (χ4n) is 2.43. The Bertz CT molecular complexity index is 745. The van der Waals surface area contributed by atoms with Gasteiger partial charge in [0.25, 0.3) is 0 Å². The minimum Gasteiger partial charge on any atom is -0.381 e. The number of para-hydroxylation sites is 1. The third-order valence-corrected chi connectivity index (χ3v) is 4.28. The van der Waals surface area contributed by atoms with E-state index in [1.807, 2.05) is 61.5 Å². The zero-order chi connectivity index (χ0) is 14.2. The second-order valence-corrected chi connectivity index (χ2v) is 6.21. The van der Waals surface area contributed by atoms with Crippen LogP contribution in [0.2, 0.25) is 0 Å². The molecule has 3 rings (SSSR count). The first-order valence-electron chi connectivity index (χ1n) is 6.42. The molecule has 100 valence electrons. The summed E-state index contributed by atoms with van der Waals surface area (Å²) in [5, 5.41) is 12.0. The summed E-state index contributed by atoms with van der Waals surface area (Å²) in [6.45, 7) is 1.82. The molecule has 1 heterocycles. The summed E-state index contributed by atoms with van der Waals surface area (Å²) < 4.78 is 1.15. The highest BCUT2D eigenvalue weighted by Gasteiger charge is 2.27. The molecule has 20 heavy (non-hydrogen) atoms. The molecule has 2 nitrogen and oxygen atoms in total. The maximum atomic E-state index is 11.0. The van der Waals surface area contributed by atoms with Crippen molar-refractivity contribution in [2.45, 2.75) is 12.5 Å². The smallest absolute Gasteiger partial charge is 0.114 e. The lowest BCUT2D eigenvalue weighted by Gasteiger charge is -2.25. The van der Waals surface area contributed by atoms with Crippen molar-refractivity contribution < 1.29 is 5.11 Å². The summed E-state index contributed by atoms with van der Waals surface area (Å²) in [6.07, 6.45) is 1.76. The Morgan fingerprint density at radius 3 is 2.45 bits per heavy atom. The van der Waals surface area contributed by atoms with Crippen LogP contribution in [-0.4, -0.2) is 10.1 Å². The van der Waals surface area contributed by atoms with E-state index in [9.17, 15) is 5.11 Å². The van der Waals surface area contributed by atoms with Crippen molar-refractivity contribution in [3.05, 3.63) is 75.5 Å². The number of aliphatic hydroxyl groups is 1. The van der Waals surface area contributed by atoms with Crippen LogP contribution in [0.3, 0.4) is 0 Å². The predicted octanol–water partition coefficient (Wildman–Crippen LogP) is 4.10. The SMILES string of the molecule is CC(O)(c1ccc(I)cc1)c1cccc2cccnc12. The number of hydrogen-bond acceptors (Lipinski definition) is 2. The first-order chi connectivity index (χ1) is 9.59. The molecule has 0 amide bonds. The van der Waals surface area contributed by atoms with E-state index in [-0.39, 0.29) is 0 Å². The lowest BCUT2D eigenvalue weighted by atomic mass is 9.87.